The molecule has 0 spiro atoms. The van der Waals surface area contributed by atoms with E-state index in [1.165, 1.54) is 0 Å². The molecule has 0 aromatic rings. The summed E-state index contributed by atoms with van der Waals surface area (Å²) in [6.45, 7) is 2.62. The Morgan fingerprint density at radius 3 is 2.77 bits per heavy atom. The molecule has 2 aliphatic heterocycles. The SMILES string of the molecule is OC1(C2=COCCC2)CCNCC1. The lowest BCUT2D eigenvalue weighted by Crippen LogP contribution is -2.43. The zero-order valence-electron chi connectivity index (χ0n) is 7.88. The van der Waals surface area contributed by atoms with E-state index in [1.54, 1.807) is 6.26 Å². The molecular formula is C10H17NO2. The first-order valence-corrected chi connectivity index (χ1v) is 5.05. The maximum atomic E-state index is 10.3. The van der Waals surface area contributed by atoms with Crippen molar-refractivity contribution in [2.75, 3.05) is 19.7 Å². The Morgan fingerprint density at radius 1 is 1.38 bits per heavy atom. The molecule has 2 rings (SSSR count). The molecule has 3 nitrogen and oxygen atoms in total. The zero-order chi connectivity index (χ0) is 9.15. The van der Waals surface area contributed by atoms with Crippen molar-refractivity contribution in [2.24, 2.45) is 0 Å². The average Bonchev–Trinajstić information content (AvgIpc) is 2.20. The molecule has 0 aromatic heterocycles. The first-order valence-electron chi connectivity index (χ1n) is 5.05. The average molecular weight is 183 g/mol. The first-order chi connectivity index (χ1) is 6.31. The smallest absolute Gasteiger partial charge is 0.0913 e. The lowest BCUT2D eigenvalue weighted by atomic mass is 9.83. The summed E-state index contributed by atoms with van der Waals surface area (Å²) < 4.78 is 5.26. The van der Waals surface area contributed by atoms with Crippen molar-refractivity contribution in [3.05, 3.63) is 11.8 Å². The fourth-order valence-electron chi connectivity index (χ4n) is 2.07. The fourth-order valence-corrected chi connectivity index (χ4v) is 2.07. The fraction of sp³-hybridized carbons (Fsp3) is 0.800. The number of rotatable bonds is 1. The highest BCUT2D eigenvalue weighted by molar-refractivity contribution is 5.17. The normalized spacial score (nSPS) is 27.6. The van der Waals surface area contributed by atoms with E-state index >= 15 is 0 Å². The molecule has 0 atom stereocenters. The van der Waals surface area contributed by atoms with Crippen LogP contribution in [-0.4, -0.2) is 30.4 Å². The molecule has 2 aliphatic rings. The third-order valence-electron chi connectivity index (χ3n) is 2.96. The maximum Gasteiger partial charge on any atom is 0.0913 e. The highest BCUT2D eigenvalue weighted by atomic mass is 16.5. The molecule has 74 valence electrons. The predicted octanol–water partition coefficient (Wildman–Crippen LogP) is 0.795. The van der Waals surface area contributed by atoms with Gasteiger partial charge in [-0.3, -0.25) is 0 Å². The lowest BCUT2D eigenvalue weighted by Gasteiger charge is -2.35. The predicted molar refractivity (Wildman–Crippen MR) is 50.3 cm³/mol. The molecule has 2 N–H and O–H groups in total. The second-order valence-corrected chi connectivity index (χ2v) is 3.90. The van der Waals surface area contributed by atoms with Gasteiger partial charge in [-0.1, -0.05) is 0 Å². The largest absolute Gasteiger partial charge is 0.501 e. The van der Waals surface area contributed by atoms with Gasteiger partial charge in [0.15, 0.2) is 0 Å². The van der Waals surface area contributed by atoms with Crippen LogP contribution in [0.5, 0.6) is 0 Å². The minimum atomic E-state index is -0.578. The van der Waals surface area contributed by atoms with Crippen molar-refractivity contribution in [1.82, 2.24) is 5.32 Å². The van der Waals surface area contributed by atoms with Gasteiger partial charge in [0.05, 0.1) is 18.5 Å². The lowest BCUT2D eigenvalue weighted by molar-refractivity contribution is 0.0335. The number of hydrogen-bond donors (Lipinski definition) is 2. The van der Waals surface area contributed by atoms with Crippen LogP contribution in [0.3, 0.4) is 0 Å². The van der Waals surface area contributed by atoms with Gasteiger partial charge in [0.1, 0.15) is 0 Å². The van der Waals surface area contributed by atoms with Gasteiger partial charge >= 0.3 is 0 Å². The Morgan fingerprint density at radius 2 is 2.15 bits per heavy atom. The summed E-state index contributed by atoms with van der Waals surface area (Å²) in [5.74, 6) is 0. The van der Waals surface area contributed by atoms with E-state index in [0.29, 0.717) is 0 Å². The van der Waals surface area contributed by atoms with E-state index in [-0.39, 0.29) is 0 Å². The van der Waals surface area contributed by atoms with Crippen molar-refractivity contribution in [1.29, 1.82) is 0 Å². The summed E-state index contributed by atoms with van der Waals surface area (Å²) >= 11 is 0. The van der Waals surface area contributed by atoms with Crippen LogP contribution in [-0.2, 0) is 4.74 Å². The maximum absolute atomic E-state index is 10.3. The molecule has 1 saturated heterocycles. The summed E-state index contributed by atoms with van der Waals surface area (Å²) in [7, 11) is 0. The van der Waals surface area contributed by atoms with Crippen molar-refractivity contribution in [3.8, 4) is 0 Å². The zero-order valence-corrected chi connectivity index (χ0v) is 7.88. The van der Waals surface area contributed by atoms with Crippen molar-refractivity contribution in [2.45, 2.75) is 31.3 Å². The summed E-state index contributed by atoms with van der Waals surface area (Å²) in [5, 5.41) is 13.6. The van der Waals surface area contributed by atoms with Crippen molar-refractivity contribution >= 4 is 0 Å². The third kappa shape index (κ3) is 1.86. The molecule has 0 radical (unpaired) electrons. The highest BCUT2D eigenvalue weighted by Crippen LogP contribution is 2.31. The van der Waals surface area contributed by atoms with Crippen LogP contribution in [0.4, 0.5) is 0 Å². The summed E-state index contributed by atoms with van der Waals surface area (Å²) in [6.07, 6.45) is 5.46. The molecule has 0 aromatic carbocycles. The standard InChI is InChI=1S/C10H17NO2/c12-10(3-5-11-6-4-10)9-2-1-7-13-8-9/h8,11-12H,1-7H2. The van der Waals surface area contributed by atoms with Gasteiger partial charge in [-0.25, -0.2) is 0 Å². The van der Waals surface area contributed by atoms with Crippen LogP contribution in [0.1, 0.15) is 25.7 Å². The molecule has 0 unspecified atom stereocenters. The minimum absolute atomic E-state index is 0.578. The van der Waals surface area contributed by atoms with Gasteiger partial charge in [-0.15, -0.1) is 0 Å². The molecule has 2 heterocycles. The van der Waals surface area contributed by atoms with Crippen molar-refractivity contribution < 1.29 is 9.84 Å². The van der Waals surface area contributed by atoms with Crippen LogP contribution in [0.15, 0.2) is 11.8 Å². The molecule has 0 amide bonds. The molecule has 0 saturated carbocycles. The van der Waals surface area contributed by atoms with Gasteiger partial charge in [0, 0.05) is 0 Å². The van der Waals surface area contributed by atoms with Gasteiger partial charge in [0.2, 0.25) is 0 Å². The second kappa shape index (κ2) is 3.68. The number of hydrogen-bond acceptors (Lipinski definition) is 3. The number of piperidine rings is 1. The molecule has 0 aliphatic carbocycles. The summed E-state index contributed by atoms with van der Waals surface area (Å²) in [5.41, 5.74) is 0.520. The molecular weight excluding hydrogens is 166 g/mol. The Balaban J connectivity index is 2.07. The third-order valence-corrected chi connectivity index (χ3v) is 2.96. The number of nitrogens with one attached hydrogen (secondary N) is 1. The first kappa shape index (κ1) is 9.03. The Kier molecular flexibility index (Phi) is 2.56. The molecule has 3 heteroatoms. The molecule has 13 heavy (non-hydrogen) atoms. The quantitative estimate of drug-likeness (QED) is 0.631. The van der Waals surface area contributed by atoms with Crippen LogP contribution >= 0.6 is 0 Å². The van der Waals surface area contributed by atoms with Gasteiger partial charge in [-0.05, 0) is 44.3 Å². The Bertz CT molecular complexity index is 207. The minimum Gasteiger partial charge on any atom is -0.501 e. The molecule has 0 bridgehead atoms. The van der Waals surface area contributed by atoms with Crippen LogP contribution < -0.4 is 5.32 Å². The molecule has 1 fully saturated rings. The van der Waals surface area contributed by atoms with E-state index in [1.807, 2.05) is 0 Å². The van der Waals surface area contributed by atoms with Gasteiger partial charge in [0.25, 0.3) is 0 Å². The summed E-state index contributed by atoms with van der Waals surface area (Å²) in [4.78, 5) is 0. The van der Waals surface area contributed by atoms with E-state index in [9.17, 15) is 5.11 Å². The second-order valence-electron chi connectivity index (χ2n) is 3.90. The van der Waals surface area contributed by atoms with Crippen LogP contribution in [0.2, 0.25) is 0 Å². The van der Waals surface area contributed by atoms with E-state index in [4.69, 9.17) is 4.74 Å². The number of aliphatic hydroxyl groups is 1. The van der Waals surface area contributed by atoms with Gasteiger partial charge in [-0.2, -0.15) is 0 Å². The van der Waals surface area contributed by atoms with E-state index in [0.717, 1.165) is 51.0 Å². The van der Waals surface area contributed by atoms with Gasteiger partial charge < -0.3 is 15.2 Å². The van der Waals surface area contributed by atoms with Crippen LogP contribution in [0.25, 0.3) is 0 Å². The highest BCUT2D eigenvalue weighted by Gasteiger charge is 2.33. The number of ether oxygens (including phenoxy) is 1. The summed E-state index contributed by atoms with van der Waals surface area (Å²) in [6, 6.07) is 0. The van der Waals surface area contributed by atoms with E-state index < -0.39 is 5.60 Å². The van der Waals surface area contributed by atoms with Crippen molar-refractivity contribution in [3.63, 3.8) is 0 Å². The van der Waals surface area contributed by atoms with Crippen LogP contribution in [0, 0.1) is 0 Å². The Labute approximate surface area is 78.8 Å². The monoisotopic (exact) mass is 183 g/mol. The Hall–Kier alpha value is -0.540. The topological polar surface area (TPSA) is 41.5 Å². The van der Waals surface area contributed by atoms with E-state index in [2.05, 4.69) is 5.32 Å².